The number of imidazole rings is 1. The van der Waals surface area contributed by atoms with E-state index in [0.29, 0.717) is 0 Å². The van der Waals surface area contributed by atoms with Crippen LogP contribution in [0.5, 0.6) is 0 Å². The van der Waals surface area contributed by atoms with E-state index in [2.05, 4.69) is 11.1 Å². The van der Waals surface area contributed by atoms with Gasteiger partial charge in [0.15, 0.2) is 0 Å². The van der Waals surface area contributed by atoms with E-state index in [1.807, 2.05) is 29.0 Å². The van der Waals surface area contributed by atoms with Crippen molar-refractivity contribution in [3.63, 3.8) is 0 Å². The van der Waals surface area contributed by atoms with Gasteiger partial charge in [-0.1, -0.05) is 12.1 Å². The van der Waals surface area contributed by atoms with Crippen LogP contribution >= 0.6 is 0 Å². The maximum absolute atomic E-state index is 10.5. The highest BCUT2D eigenvalue weighted by Gasteiger charge is 2.13. The molecule has 3 rings (SSSR count). The van der Waals surface area contributed by atoms with Crippen molar-refractivity contribution in [1.82, 2.24) is 9.55 Å². The van der Waals surface area contributed by atoms with Gasteiger partial charge in [-0.05, 0) is 34.9 Å². The molecule has 1 N–H and O–H groups in total. The third-order valence-electron chi connectivity index (χ3n) is 3.12. The van der Waals surface area contributed by atoms with Gasteiger partial charge in [-0.2, -0.15) is 0 Å². The molecule has 1 aliphatic carbocycles. The molecule has 0 aliphatic heterocycles. The zero-order valence-electron chi connectivity index (χ0n) is 10.2. The number of rotatable bonds is 3. The Bertz CT molecular complexity index is 682. The van der Waals surface area contributed by atoms with Gasteiger partial charge >= 0.3 is 5.97 Å². The third kappa shape index (κ3) is 2.33. The molecule has 2 aromatic rings. The summed E-state index contributed by atoms with van der Waals surface area (Å²) in [5.74, 6) is -0.935. The fraction of sp³-hybridized carbons (Fsp3) is 0.0667. The number of carboxylic acids is 1. The van der Waals surface area contributed by atoms with Crippen molar-refractivity contribution in [3.8, 4) is 0 Å². The predicted octanol–water partition coefficient (Wildman–Crippen LogP) is 2.54. The largest absolute Gasteiger partial charge is 0.478 e. The number of aliphatic carboxylic acids is 1. The number of benzene rings is 1. The van der Waals surface area contributed by atoms with Crippen molar-refractivity contribution in [3.05, 3.63) is 59.7 Å². The summed E-state index contributed by atoms with van der Waals surface area (Å²) in [7, 11) is 0. The highest BCUT2D eigenvalue weighted by atomic mass is 16.4. The van der Waals surface area contributed by atoms with E-state index in [0.717, 1.165) is 23.6 Å². The summed E-state index contributed by atoms with van der Waals surface area (Å²) in [6, 6.07) is 5.97. The molecule has 0 bridgehead atoms. The minimum atomic E-state index is -0.935. The molecule has 1 heterocycles. The fourth-order valence-corrected chi connectivity index (χ4v) is 2.20. The molecule has 19 heavy (non-hydrogen) atoms. The Kier molecular flexibility index (Phi) is 2.76. The number of carboxylic acid groups (broad SMARTS) is 1. The molecular formula is C15H12N2O2. The molecule has 0 amide bonds. The van der Waals surface area contributed by atoms with Gasteiger partial charge in [0.25, 0.3) is 0 Å². The number of nitrogens with zero attached hydrogens (tertiary/aromatic N) is 2. The number of allylic oxidation sites excluding steroid dienone is 1. The molecule has 4 heteroatoms. The normalized spacial score (nSPS) is 13.6. The molecule has 0 saturated carbocycles. The molecule has 1 aromatic carbocycles. The van der Waals surface area contributed by atoms with Gasteiger partial charge < -0.3 is 9.67 Å². The summed E-state index contributed by atoms with van der Waals surface area (Å²) >= 11 is 0. The first kappa shape index (κ1) is 11.5. The molecule has 0 atom stereocenters. The Labute approximate surface area is 110 Å². The van der Waals surface area contributed by atoms with E-state index in [9.17, 15) is 4.79 Å². The van der Waals surface area contributed by atoms with Crippen LogP contribution < -0.4 is 0 Å². The Balaban J connectivity index is 1.91. The quantitative estimate of drug-likeness (QED) is 0.854. The van der Waals surface area contributed by atoms with Crippen molar-refractivity contribution in [2.24, 2.45) is 0 Å². The number of carbonyl (C=O) groups is 1. The molecule has 0 fully saturated rings. The van der Waals surface area contributed by atoms with Gasteiger partial charge in [-0.15, -0.1) is 0 Å². The van der Waals surface area contributed by atoms with Gasteiger partial charge in [0.05, 0.1) is 6.33 Å². The van der Waals surface area contributed by atoms with Crippen LogP contribution in [0.1, 0.15) is 16.7 Å². The number of aromatic nitrogens is 2. The van der Waals surface area contributed by atoms with Gasteiger partial charge in [0.2, 0.25) is 0 Å². The second-order valence-corrected chi connectivity index (χ2v) is 4.41. The standard InChI is InChI=1S/C15H12N2O2/c18-15(19)4-2-11-1-3-12-8-14(9-13(12)7-11)17-6-5-16-10-17/h1-7,9-10H,8H2,(H,18,19)/b4-2+. The van der Waals surface area contributed by atoms with E-state index in [1.54, 1.807) is 18.6 Å². The maximum atomic E-state index is 10.5. The first-order valence-electron chi connectivity index (χ1n) is 5.95. The summed E-state index contributed by atoms with van der Waals surface area (Å²) in [5.41, 5.74) is 4.45. The minimum Gasteiger partial charge on any atom is -0.478 e. The summed E-state index contributed by atoms with van der Waals surface area (Å²) in [5, 5.41) is 8.63. The van der Waals surface area contributed by atoms with Crippen LogP contribution in [-0.2, 0) is 11.2 Å². The second-order valence-electron chi connectivity index (χ2n) is 4.41. The van der Waals surface area contributed by atoms with Crippen LogP contribution in [0.2, 0.25) is 0 Å². The van der Waals surface area contributed by atoms with Crippen LogP contribution in [-0.4, -0.2) is 20.6 Å². The van der Waals surface area contributed by atoms with E-state index < -0.39 is 5.97 Å². The van der Waals surface area contributed by atoms with Gasteiger partial charge in [0, 0.05) is 30.6 Å². The van der Waals surface area contributed by atoms with Crippen molar-refractivity contribution in [2.45, 2.75) is 6.42 Å². The Morgan fingerprint density at radius 1 is 1.42 bits per heavy atom. The van der Waals surface area contributed by atoms with E-state index >= 15 is 0 Å². The van der Waals surface area contributed by atoms with Gasteiger partial charge in [-0.3, -0.25) is 0 Å². The molecule has 0 radical (unpaired) electrons. The SMILES string of the molecule is O=C(O)/C=C/c1ccc2c(c1)C=C(n1ccnc1)C2. The molecular weight excluding hydrogens is 240 g/mol. The topological polar surface area (TPSA) is 55.1 Å². The molecule has 0 spiro atoms. The smallest absolute Gasteiger partial charge is 0.328 e. The van der Waals surface area contributed by atoms with Crippen molar-refractivity contribution < 1.29 is 9.90 Å². The highest BCUT2D eigenvalue weighted by Crippen LogP contribution is 2.28. The lowest BCUT2D eigenvalue weighted by Gasteiger charge is -2.01. The lowest BCUT2D eigenvalue weighted by Crippen LogP contribution is -1.92. The zero-order chi connectivity index (χ0) is 13.2. The molecule has 1 aliphatic rings. The van der Waals surface area contributed by atoms with Crippen molar-refractivity contribution in [1.29, 1.82) is 0 Å². The average Bonchev–Trinajstić information content (AvgIpc) is 3.04. The lowest BCUT2D eigenvalue weighted by molar-refractivity contribution is -0.131. The summed E-state index contributed by atoms with van der Waals surface area (Å²) in [4.78, 5) is 14.5. The van der Waals surface area contributed by atoms with E-state index in [4.69, 9.17) is 5.11 Å². The molecule has 0 saturated heterocycles. The first-order valence-corrected chi connectivity index (χ1v) is 5.95. The Hall–Kier alpha value is -2.62. The number of hydrogen-bond acceptors (Lipinski definition) is 2. The first-order chi connectivity index (χ1) is 9.22. The van der Waals surface area contributed by atoms with E-state index in [1.165, 1.54) is 11.3 Å². The van der Waals surface area contributed by atoms with Crippen LogP contribution in [0, 0.1) is 0 Å². The van der Waals surface area contributed by atoms with Crippen molar-refractivity contribution in [2.75, 3.05) is 0 Å². The van der Waals surface area contributed by atoms with Crippen LogP contribution in [0.3, 0.4) is 0 Å². The lowest BCUT2D eigenvalue weighted by atomic mass is 10.1. The molecule has 4 nitrogen and oxygen atoms in total. The second kappa shape index (κ2) is 4.57. The average molecular weight is 252 g/mol. The van der Waals surface area contributed by atoms with Crippen LogP contribution in [0.15, 0.2) is 43.0 Å². The third-order valence-corrected chi connectivity index (χ3v) is 3.12. The van der Waals surface area contributed by atoms with Gasteiger partial charge in [-0.25, -0.2) is 9.78 Å². The summed E-state index contributed by atoms with van der Waals surface area (Å²) < 4.78 is 1.99. The highest BCUT2D eigenvalue weighted by molar-refractivity contribution is 5.86. The zero-order valence-corrected chi connectivity index (χ0v) is 10.2. The number of hydrogen-bond donors (Lipinski definition) is 1. The molecule has 0 unspecified atom stereocenters. The van der Waals surface area contributed by atoms with E-state index in [-0.39, 0.29) is 0 Å². The summed E-state index contributed by atoms with van der Waals surface area (Å²) in [6.07, 6.45) is 11.2. The van der Waals surface area contributed by atoms with Crippen LogP contribution in [0.25, 0.3) is 17.8 Å². The summed E-state index contributed by atoms with van der Waals surface area (Å²) in [6.45, 7) is 0. The van der Waals surface area contributed by atoms with Gasteiger partial charge in [0.1, 0.15) is 0 Å². The minimum absolute atomic E-state index is 0.870. The Morgan fingerprint density at radius 3 is 3.05 bits per heavy atom. The molecule has 94 valence electrons. The maximum Gasteiger partial charge on any atom is 0.328 e. The van der Waals surface area contributed by atoms with Crippen LogP contribution in [0.4, 0.5) is 0 Å². The molecule has 1 aromatic heterocycles. The fourth-order valence-electron chi connectivity index (χ4n) is 2.20. The Morgan fingerprint density at radius 2 is 2.32 bits per heavy atom. The monoisotopic (exact) mass is 252 g/mol. The number of fused-ring (bicyclic) bond motifs is 1. The van der Waals surface area contributed by atoms with Crippen molar-refractivity contribution >= 4 is 23.8 Å². The predicted molar refractivity (Wildman–Crippen MR) is 73.2 cm³/mol.